The van der Waals surface area contributed by atoms with E-state index in [1.165, 1.54) is 16.2 Å². The fourth-order valence-corrected chi connectivity index (χ4v) is 2.42. The Balaban J connectivity index is 2.07. The van der Waals surface area contributed by atoms with Crippen LogP contribution in [0.15, 0.2) is 35.0 Å². The number of thiophene rings is 1. The number of carbonyl (C=O) groups excluding carboxylic acids is 1. The summed E-state index contributed by atoms with van der Waals surface area (Å²) >= 11 is 1.50. The SMILES string of the molecule is O=C(Nc1ccc(F)cc1F)N(CCO)Cc1ccsc1. The van der Waals surface area contributed by atoms with Crippen LogP contribution < -0.4 is 5.32 Å². The second-order valence-corrected chi connectivity index (χ2v) is 5.11. The summed E-state index contributed by atoms with van der Waals surface area (Å²) in [5, 5.41) is 15.2. The molecule has 0 fully saturated rings. The van der Waals surface area contributed by atoms with Gasteiger partial charge in [0.25, 0.3) is 0 Å². The van der Waals surface area contributed by atoms with Crippen molar-refractivity contribution in [3.8, 4) is 0 Å². The average molecular weight is 312 g/mol. The van der Waals surface area contributed by atoms with E-state index in [9.17, 15) is 13.6 Å². The molecule has 0 spiro atoms. The number of hydrogen-bond donors (Lipinski definition) is 2. The largest absolute Gasteiger partial charge is 0.395 e. The molecule has 0 bridgehead atoms. The van der Waals surface area contributed by atoms with Crippen LogP contribution in [0.3, 0.4) is 0 Å². The van der Waals surface area contributed by atoms with E-state index in [4.69, 9.17) is 5.11 Å². The predicted molar refractivity (Wildman–Crippen MR) is 77.2 cm³/mol. The summed E-state index contributed by atoms with van der Waals surface area (Å²) in [6, 6.07) is 4.23. The molecule has 0 radical (unpaired) electrons. The Hall–Kier alpha value is -1.99. The quantitative estimate of drug-likeness (QED) is 0.891. The van der Waals surface area contributed by atoms with Gasteiger partial charge in [-0.15, -0.1) is 0 Å². The van der Waals surface area contributed by atoms with E-state index in [1.807, 2.05) is 16.8 Å². The Labute approximate surface area is 124 Å². The number of urea groups is 1. The van der Waals surface area contributed by atoms with Crippen LogP contribution in [0, 0.1) is 11.6 Å². The lowest BCUT2D eigenvalue weighted by Gasteiger charge is -2.22. The number of nitrogens with one attached hydrogen (secondary N) is 1. The van der Waals surface area contributed by atoms with Crippen LogP contribution in [0.5, 0.6) is 0 Å². The van der Waals surface area contributed by atoms with E-state index >= 15 is 0 Å². The second kappa shape index (κ2) is 7.14. The Morgan fingerprint density at radius 3 is 2.76 bits per heavy atom. The van der Waals surface area contributed by atoms with Crippen molar-refractivity contribution in [2.45, 2.75) is 6.54 Å². The van der Waals surface area contributed by atoms with Gasteiger partial charge in [0.2, 0.25) is 0 Å². The third kappa shape index (κ3) is 4.24. The lowest BCUT2D eigenvalue weighted by Crippen LogP contribution is -2.36. The monoisotopic (exact) mass is 312 g/mol. The highest BCUT2D eigenvalue weighted by atomic mass is 32.1. The van der Waals surface area contributed by atoms with Gasteiger partial charge in [0.05, 0.1) is 12.3 Å². The van der Waals surface area contributed by atoms with Crippen molar-refractivity contribution in [2.24, 2.45) is 0 Å². The fourth-order valence-electron chi connectivity index (χ4n) is 1.76. The van der Waals surface area contributed by atoms with Crippen molar-refractivity contribution >= 4 is 23.1 Å². The minimum absolute atomic E-state index is 0.102. The number of amides is 2. The van der Waals surface area contributed by atoms with Crippen molar-refractivity contribution < 1.29 is 18.7 Å². The van der Waals surface area contributed by atoms with E-state index in [2.05, 4.69) is 5.32 Å². The molecule has 1 aromatic heterocycles. The molecule has 0 saturated heterocycles. The van der Waals surface area contributed by atoms with Gasteiger partial charge in [-0.25, -0.2) is 13.6 Å². The Bertz CT molecular complexity index is 605. The topological polar surface area (TPSA) is 52.6 Å². The molecule has 2 aromatic rings. The third-order valence-corrected chi connectivity index (χ3v) is 3.52. The zero-order chi connectivity index (χ0) is 15.2. The first-order valence-corrected chi connectivity index (χ1v) is 7.17. The smallest absolute Gasteiger partial charge is 0.322 e. The third-order valence-electron chi connectivity index (χ3n) is 2.78. The molecule has 1 aromatic carbocycles. The van der Waals surface area contributed by atoms with Crippen molar-refractivity contribution in [1.29, 1.82) is 0 Å². The summed E-state index contributed by atoms with van der Waals surface area (Å²) in [4.78, 5) is 13.5. The van der Waals surface area contributed by atoms with Gasteiger partial charge in [-0.3, -0.25) is 0 Å². The zero-order valence-corrected chi connectivity index (χ0v) is 11.9. The molecule has 0 saturated carbocycles. The van der Waals surface area contributed by atoms with Gasteiger partial charge in [0, 0.05) is 19.2 Å². The van der Waals surface area contributed by atoms with Crippen molar-refractivity contribution in [1.82, 2.24) is 4.90 Å². The molecule has 2 N–H and O–H groups in total. The van der Waals surface area contributed by atoms with Crippen LogP contribution in [-0.2, 0) is 6.54 Å². The molecule has 0 aliphatic heterocycles. The molecule has 1 heterocycles. The summed E-state index contributed by atoms with van der Waals surface area (Å²) in [6.45, 7) is 0.215. The van der Waals surface area contributed by atoms with Crippen molar-refractivity contribution in [3.05, 3.63) is 52.2 Å². The summed E-state index contributed by atoms with van der Waals surface area (Å²) in [5.74, 6) is -1.56. The predicted octanol–water partition coefficient (Wildman–Crippen LogP) is 3.05. The molecule has 0 unspecified atom stereocenters. The van der Waals surface area contributed by atoms with Gasteiger partial charge in [-0.2, -0.15) is 11.3 Å². The number of carbonyl (C=O) groups is 1. The van der Waals surface area contributed by atoms with Gasteiger partial charge in [-0.05, 0) is 34.5 Å². The highest BCUT2D eigenvalue weighted by Crippen LogP contribution is 2.16. The molecule has 0 atom stereocenters. The summed E-state index contributed by atoms with van der Waals surface area (Å²) in [7, 11) is 0. The Morgan fingerprint density at radius 1 is 1.33 bits per heavy atom. The van der Waals surface area contributed by atoms with Crippen LogP contribution in [0.1, 0.15) is 5.56 Å². The second-order valence-electron chi connectivity index (χ2n) is 4.33. The Morgan fingerprint density at radius 2 is 2.14 bits per heavy atom. The van der Waals surface area contributed by atoms with E-state index in [1.54, 1.807) is 0 Å². The molecule has 0 aliphatic rings. The summed E-state index contributed by atoms with van der Waals surface area (Å²) in [6.07, 6.45) is 0. The first-order chi connectivity index (χ1) is 10.1. The lowest BCUT2D eigenvalue weighted by atomic mass is 10.3. The molecule has 2 rings (SSSR count). The minimum atomic E-state index is -0.845. The van der Waals surface area contributed by atoms with Gasteiger partial charge in [0.15, 0.2) is 0 Å². The normalized spacial score (nSPS) is 10.4. The van der Waals surface area contributed by atoms with E-state index in [-0.39, 0.29) is 18.8 Å². The van der Waals surface area contributed by atoms with Crippen LogP contribution in [0.2, 0.25) is 0 Å². The fraction of sp³-hybridized carbons (Fsp3) is 0.214. The number of benzene rings is 1. The number of halogens is 2. The summed E-state index contributed by atoms with van der Waals surface area (Å²) in [5.41, 5.74) is 0.817. The van der Waals surface area contributed by atoms with Crippen LogP contribution in [-0.4, -0.2) is 29.2 Å². The maximum absolute atomic E-state index is 13.5. The highest BCUT2D eigenvalue weighted by Gasteiger charge is 2.15. The standard InChI is InChI=1S/C14H14F2N2O2S/c15-11-1-2-13(12(16)7-11)17-14(20)18(4-5-19)8-10-3-6-21-9-10/h1-3,6-7,9,19H,4-5,8H2,(H,17,20). The molecule has 4 nitrogen and oxygen atoms in total. The number of anilines is 1. The van der Waals surface area contributed by atoms with Gasteiger partial charge >= 0.3 is 6.03 Å². The number of rotatable bonds is 5. The van der Waals surface area contributed by atoms with Gasteiger partial charge < -0.3 is 15.3 Å². The molecule has 0 aliphatic carbocycles. The number of hydrogen-bond acceptors (Lipinski definition) is 3. The van der Waals surface area contributed by atoms with Gasteiger partial charge in [-0.1, -0.05) is 0 Å². The molecule has 2 amide bonds. The zero-order valence-electron chi connectivity index (χ0n) is 11.1. The molecule has 112 valence electrons. The average Bonchev–Trinajstić information content (AvgIpc) is 2.94. The van der Waals surface area contributed by atoms with Crippen LogP contribution in [0.25, 0.3) is 0 Å². The molecular weight excluding hydrogens is 298 g/mol. The van der Waals surface area contributed by atoms with E-state index in [0.29, 0.717) is 12.6 Å². The molecule has 21 heavy (non-hydrogen) atoms. The number of nitrogens with zero attached hydrogens (tertiary/aromatic N) is 1. The van der Waals surface area contributed by atoms with Crippen molar-refractivity contribution in [3.63, 3.8) is 0 Å². The number of aliphatic hydroxyl groups is 1. The van der Waals surface area contributed by atoms with Crippen molar-refractivity contribution in [2.75, 3.05) is 18.5 Å². The minimum Gasteiger partial charge on any atom is -0.395 e. The maximum atomic E-state index is 13.5. The maximum Gasteiger partial charge on any atom is 0.322 e. The van der Waals surface area contributed by atoms with Crippen LogP contribution in [0.4, 0.5) is 19.3 Å². The first kappa shape index (κ1) is 15.4. The molecular formula is C14H14F2N2O2S. The molecule has 7 heteroatoms. The lowest BCUT2D eigenvalue weighted by molar-refractivity contribution is 0.185. The highest BCUT2D eigenvalue weighted by molar-refractivity contribution is 7.07. The Kier molecular flexibility index (Phi) is 5.24. The summed E-state index contributed by atoms with van der Waals surface area (Å²) < 4.78 is 26.3. The van der Waals surface area contributed by atoms with Crippen LogP contribution >= 0.6 is 11.3 Å². The number of aliphatic hydroxyl groups excluding tert-OH is 1. The van der Waals surface area contributed by atoms with E-state index in [0.717, 1.165) is 17.7 Å². The first-order valence-electron chi connectivity index (χ1n) is 6.23. The van der Waals surface area contributed by atoms with E-state index < -0.39 is 17.7 Å². The van der Waals surface area contributed by atoms with Gasteiger partial charge in [0.1, 0.15) is 11.6 Å².